The SMILES string of the molecule is CCNC(=NCC(O)c1cc(OC)ccc1OC)NC1CCN(CC(C)C)CC1. The fourth-order valence-electron chi connectivity index (χ4n) is 3.67. The molecular weight excluding hydrogens is 368 g/mol. The molecule has 1 fully saturated rings. The summed E-state index contributed by atoms with van der Waals surface area (Å²) < 4.78 is 10.6. The monoisotopic (exact) mass is 406 g/mol. The third kappa shape index (κ3) is 7.40. The maximum atomic E-state index is 10.7. The van der Waals surface area contributed by atoms with Crippen LogP contribution in [0.25, 0.3) is 0 Å². The molecule has 1 aliphatic heterocycles. The summed E-state index contributed by atoms with van der Waals surface area (Å²) in [7, 11) is 3.20. The average Bonchev–Trinajstić information content (AvgIpc) is 2.72. The van der Waals surface area contributed by atoms with Crippen LogP contribution in [0.4, 0.5) is 0 Å². The number of rotatable bonds is 9. The van der Waals surface area contributed by atoms with E-state index in [0.717, 1.165) is 45.0 Å². The number of benzene rings is 1. The number of likely N-dealkylation sites (tertiary alicyclic amines) is 1. The molecule has 1 aromatic carbocycles. The number of aliphatic imine (C=N–C) groups is 1. The van der Waals surface area contributed by atoms with Crippen molar-refractivity contribution in [2.75, 3.05) is 46.9 Å². The van der Waals surface area contributed by atoms with Gasteiger partial charge >= 0.3 is 0 Å². The molecule has 0 amide bonds. The summed E-state index contributed by atoms with van der Waals surface area (Å²) in [5.74, 6) is 2.76. The molecule has 1 aliphatic rings. The molecule has 3 N–H and O–H groups in total. The summed E-state index contributed by atoms with van der Waals surface area (Å²) in [6.07, 6.45) is 1.43. The third-order valence-electron chi connectivity index (χ3n) is 5.11. The second-order valence-corrected chi connectivity index (χ2v) is 7.96. The Morgan fingerprint density at radius 3 is 2.55 bits per heavy atom. The quantitative estimate of drug-likeness (QED) is 0.432. The first-order chi connectivity index (χ1) is 14.0. The first-order valence-corrected chi connectivity index (χ1v) is 10.6. The van der Waals surface area contributed by atoms with Crippen molar-refractivity contribution >= 4 is 5.96 Å². The Labute approximate surface area is 175 Å². The smallest absolute Gasteiger partial charge is 0.191 e. The largest absolute Gasteiger partial charge is 0.497 e. The summed E-state index contributed by atoms with van der Waals surface area (Å²) in [6.45, 7) is 11.0. The van der Waals surface area contributed by atoms with E-state index >= 15 is 0 Å². The van der Waals surface area contributed by atoms with Crippen molar-refractivity contribution in [3.63, 3.8) is 0 Å². The van der Waals surface area contributed by atoms with Crippen LogP contribution in [-0.4, -0.2) is 69.0 Å². The minimum atomic E-state index is -0.775. The van der Waals surface area contributed by atoms with E-state index in [1.54, 1.807) is 26.4 Å². The standard InChI is InChI=1S/C22H38N4O3/c1-6-23-22(25-17-9-11-26(12-10-17)15-16(2)3)24-14-20(27)19-13-18(28-4)7-8-21(19)29-5/h7-8,13,16-17,20,27H,6,9-12,14-15H2,1-5H3,(H2,23,24,25). The topological polar surface area (TPSA) is 78.4 Å². The van der Waals surface area contributed by atoms with Gasteiger partial charge in [-0.25, -0.2) is 0 Å². The number of hydrogen-bond donors (Lipinski definition) is 3. The summed E-state index contributed by atoms with van der Waals surface area (Å²) in [5, 5.41) is 17.5. The van der Waals surface area contributed by atoms with Crippen LogP contribution in [0.1, 0.15) is 45.3 Å². The molecule has 7 heteroatoms. The van der Waals surface area contributed by atoms with Crippen LogP contribution in [0.3, 0.4) is 0 Å². The minimum absolute atomic E-state index is 0.241. The number of hydrogen-bond acceptors (Lipinski definition) is 5. The first kappa shape index (κ1) is 23.3. The van der Waals surface area contributed by atoms with Gasteiger partial charge in [-0.05, 0) is 43.9 Å². The van der Waals surface area contributed by atoms with Gasteiger partial charge in [0.25, 0.3) is 0 Å². The van der Waals surface area contributed by atoms with Crippen LogP contribution in [0.15, 0.2) is 23.2 Å². The van der Waals surface area contributed by atoms with Crippen LogP contribution in [-0.2, 0) is 0 Å². The van der Waals surface area contributed by atoms with Crippen molar-refractivity contribution in [1.82, 2.24) is 15.5 Å². The second-order valence-electron chi connectivity index (χ2n) is 7.96. The number of nitrogens with one attached hydrogen (secondary N) is 2. The maximum absolute atomic E-state index is 10.7. The van der Waals surface area contributed by atoms with E-state index in [1.165, 1.54) is 0 Å². The zero-order valence-corrected chi connectivity index (χ0v) is 18.6. The van der Waals surface area contributed by atoms with Crippen LogP contribution >= 0.6 is 0 Å². The minimum Gasteiger partial charge on any atom is -0.497 e. The molecule has 0 bridgehead atoms. The van der Waals surface area contributed by atoms with Crippen LogP contribution in [0, 0.1) is 5.92 Å². The van der Waals surface area contributed by atoms with E-state index in [4.69, 9.17) is 9.47 Å². The number of nitrogens with zero attached hydrogens (tertiary/aromatic N) is 2. The number of aliphatic hydroxyl groups is 1. The number of guanidine groups is 1. The number of aliphatic hydroxyl groups excluding tert-OH is 1. The second kappa shape index (κ2) is 11.9. The van der Waals surface area contributed by atoms with Crippen LogP contribution in [0.2, 0.25) is 0 Å². The Morgan fingerprint density at radius 2 is 1.97 bits per heavy atom. The van der Waals surface area contributed by atoms with Crippen molar-refractivity contribution in [2.45, 2.75) is 45.8 Å². The van der Waals surface area contributed by atoms with Gasteiger partial charge < -0.3 is 30.1 Å². The van der Waals surface area contributed by atoms with E-state index in [-0.39, 0.29) is 6.54 Å². The maximum Gasteiger partial charge on any atom is 0.191 e. The lowest BCUT2D eigenvalue weighted by Crippen LogP contribution is -2.49. The van der Waals surface area contributed by atoms with Gasteiger partial charge in [0.15, 0.2) is 5.96 Å². The van der Waals surface area contributed by atoms with E-state index < -0.39 is 6.10 Å². The molecule has 2 rings (SSSR count). The lowest BCUT2D eigenvalue weighted by atomic mass is 10.0. The fourth-order valence-corrected chi connectivity index (χ4v) is 3.67. The van der Waals surface area contributed by atoms with Crippen LogP contribution in [0.5, 0.6) is 11.5 Å². The Bertz CT molecular complexity index is 643. The molecule has 0 spiro atoms. The number of ether oxygens (including phenoxy) is 2. The van der Waals surface area contributed by atoms with Gasteiger partial charge in [-0.15, -0.1) is 0 Å². The molecule has 0 aliphatic carbocycles. The molecule has 1 heterocycles. The third-order valence-corrected chi connectivity index (χ3v) is 5.11. The van der Waals surface area contributed by atoms with Crippen molar-refractivity contribution in [2.24, 2.45) is 10.9 Å². The molecule has 1 unspecified atom stereocenters. The van der Waals surface area contributed by atoms with Crippen molar-refractivity contribution in [1.29, 1.82) is 0 Å². The van der Waals surface area contributed by atoms with Crippen LogP contribution < -0.4 is 20.1 Å². The molecule has 29 heavy (non-hydrogen) atoms. The van der Waals surface area contributed by atoms with E-state index in [2.05, 4.69) is 34.4 Å². The van der Waals surface area contributed by atoms with Crippen molar-refractivity contribution in [3.05, 3.63) is 23.8 Å². The van der Waals surface area contributed by atoms with E-state index in [0.29, 0.717) is 29.0 Å². The lowest BCUT2D eigenvalue weighted by molar-refractivity contribution is 0.180. The van der Waals surface area contributed by atoms with E-state index in [9.17, 15) is 5.11 Å². The molecular formula is C22H38N4O3. The summed E-state index contributed by atoms with van der Waals surface area (Å²) in [5.41, 5.74) is 0.674. The van der Waals surface area contributed by atoms with Gasteiger partial charge in [-0.1, -0.05) is 13.8 Å². The highest BCUT2D eigenvalue weighted by molar-refractivity contribution is 5.80. The van der Waals surface area contributed by atoms with Crippen molar-refractivity contribution < 1.29 is 14.6 Å². The predicted molar refractivity (Wildman–Crippen MR) is 118 cm³/mol. The van der Waals surface area contributed by atoms with Crippen molar-refractivity contribution in [3.8, 4) is 11.5 Å². The molecule has 0 saturated carbocycles. The summed E-state index contributed by atoms with van der Waals surface area (Å²) in [6, 6.07) is 5.81. The lowest BCUT2D eigenvalue weighted by Gasteiger charge is -2.34. The zero-order chi connectivity index (χ0) is 21.2. The average molecular weight is 407 g/mol. The highest BCUT2D eigenvalue weighted by Crippen LogP contribution is 2.29. The predicted octanol–water partition coefficient (Wildman–Crippen LogP) is 2.41. The highest BCUT2D eigenvalue weighted by atomic mass is 16.5. The summed E-state index contributed by atoms with van der Waals surface area (Å²) in [4.78, 5) is 7.15. The Morgan fingerprint density at radius 1 is 1.24 bits per heavy atom. The van der Waals surface area contributed by atoms with Gasteiger partial charge in [0.05, 0.1) is 20.8 Å². The number of piperidine rings is 1. The Kier molecular flexibility index (Phi) is 9.54. The molecule has 1 atom stereocenters. The van der Waals surface area contributed by atoms with E-state index in [1.807, 2.05) is 13.0 Å². The summed E-state index contributed by atoms with van der Waals surface area (Å²) >= 11 is 0. The van der Waals surface area contributed by atoms with Gasteiger partial charge in [0, 0.05) is 37.8 Å². The normalized spacial score (nSPS) is 17.3. The molecule has 0 aromatic heterocycles. The molecule has 0 radical (unpaired) electrons. The van der Waals surface area contributed by atoms with Gasteiger partial charge in [0.1, 0.15) is 17.6 Å². The first-order valence-electron chi connectivity index (χ1n) is 10.6. The zero-order valence-electron chi connectivity index (χ0n) is 18.6. The highest BCUT2D eigenvalue weighted by Gasteiger charge is 2.21. The Hall–Kier alpha value is -1.99. The van der Waals surface area contributed by atoms with Gasteiger partial charge in [-0.3, -0.25) is 4.99 Å². The molecule has 164 valence electrons. The van der Waals surface area contributed by atoms with Gasteiger partial charge in [0.2, 0.25) is 0 Å². The van der Waals surface area contributed by atoms with Gasteiger partial charge in [-0.2, -0.15) is 0 Å². The number of methoxy groups -OCH3 is 2. The molecule has 7 nitrogen and oxygen atoms in total. The molecule has 1 aromatic rings. The fraction of sp³-hybridized carbons (Fsp3) is 0.682. The Balaban J connectivity index is 1.97. The molecule has 1 saturated heterocycles.